The van der Waals surface area contributed by atoms with Crippen LogP contribution in [0.25, 0.3) is 0 Å². The lowest BCUT2D eigenvalue weighted by Gasteiger charge is -2.57. The maximum atomic E-state index is 11.5. The number of nitrogens with one attached hydrogen (secondary N) is 1. The Hall–Kier alpha value is -1.51. The van der Waals surface area contributed by atoms with Gasteiger partial charge >= 0.3 is 5.97 Å². The maximum absolute atomic E-state index is 11.5. The van der Waals surface area contributed by atoms with E-state index in [1.165, 1.54) is 38.5 Å². The summed E-state index contributed by atoms with van der Waals surface area (Å²) < 4.78 is 0. The van der Waals surface area contributed by atoms with Crippen LogP contribution in [0.5, 0.6) is 0 Å². The second-order valence-electron chi connectivity index (χ2n) is 7.68. The van der Waals surface area contributed by atoms with Crippen LogP contribution in [0.3, 0.4) is 0 Å². The Kier molecular flexibility index (Phi) is 2.82. The first-order valence-electron chi connectivity index (χ1n) is 8.15. The molecule has 4 fully saturated rings. The lowest BCUT2D eigenvalue weighted by Crippen LogP contribution is -2.54. The number of carboxylic acids is 1. The number of carbonyl (C=O) groups is 1. The molecule has 0 spiro atoms. The van der Waals surface area contributed by atoms with Crippen molar-refractivity contribution in [2.45, 2.75) is 51.0 Å². The summed E-state index contributed by atoms with van der Waals surface area (Å²) in [6.07, 6.45) is 7.89. The Morgan fingerprint density at radius 2 is 1.71 bits per heavy atom. The van der Waals surface area contributed by atoms with Gasteiger partial charge < -0.3 is 10.4 Å². The predicted molar refractivity (Wildman–Crippen MR) is 82.7 cm³/mol. The van der Waals surface area contributed by atoms with Gasteiger partial charge in [0.05, 0.1) is 5.56 Å². The SMILES string of the molecule is Cc1ccc(C(=O)O)c(NC23CC4CC(CC(C4)C2)C3)c1. The van der Waals surface area contributed by atoms with Crippen LogP contribution < -0.4 is 5.32 Å². The molecule has 4 aliphatic carbocycles. The fourth-order valence-electron chi connectivity index (χ4n) is 5.50. The van der Waals surface area contributed by atoms with Gasteiger partial charge in [-0.2, -0.15) is 0 Å². The number of anilines is 1. The van der Waals surface area contributed by atoms with Crippen LogP contribution in [0.1, 0.15) is 54.4 Å². The van der Waals surface area contributed by atoms with Gasteiger partial charge in [0.2, 0.25) is 0 Å². The number of benzene rings is 1. The first-order chi connectivity index (χ1) is 10.0. The second kappa shape index (κ2) is 4.49. The van der Waals surface area contributed by atoms with Gasteiger partial charge in [0.25, 0.3) is 0 Å². The van der Waals surface area contributed by atoms with Crippen molar-refractivity contribution < 1.29 is 9.90 Å². The van der Waals surface area contributed by atoms with E-state index in [4.69, 9.17) is 0 Å². The molecule has 5 rings (SSSR count). The minimum Gasteiger partial charge on any atom is -0.478 e. The summed E-state index contributed by atoms with van der Waals surface area (Å²) in [5.41, 5.74) is 2.51. The van der Waals surface area contributed by atoms with E-state index in [-0.39, 0.29) is 5.54 Å². The molecule has 3 nitrogen and oxygen atoms in total. The molecule has 4 bridgehead atoms. The van der Waals surface area contributed by atoms with Crippen LogP contribution in [-0.4, -0.2) is 16.6 Å². The van der Waals surface area contributed by atoms with Crippen molar-refractivity contribution >= 4 is 11.7 Å². The average molecular weight is 285 g/mol. The predicted octanol–water partition coefficient (Wildman–Crippen LogP) is 4.07. The molecule has 0 atom stereocenters. The van der Waals surface area contributed by atoms with Gasteiger partial charge in [0, 0.05) is 11.2 Å². The summed E-state index contributed by atoms with van der Waals surface area (Å²) in [5, 5.41) is 13.1. The highest BCUT2D eigenvalue weighted by Gasteiger charge is 2.51. The molecule has 112 valence electrons. The number of aromatic carboxylic acids is 1. The average Bonchev–Trinajstić information content (AvgIpc) is 2.35. The number of aryl methyl sites for hydroxylation is 1. The summed E-state index contributed by atoms with van der Waals surface area (Å²) >= 11 is 0. The molecular weight excluding hydrogens is 262 g/mol. The van der Waals surface area contributed by atoms with Crippen molar-refractivity contribution in [1.82, 2.24) is 0 Å². The fourth-order valence-corrected chi connectivity index (χ4v) is 5.50. The van der Waals surface area contributed by atoms with Gasteiger partial charge in [-0.1, -0.05) is 6.07 Å². The van der Waals surface area contributed by atoms with Crippen LogP contribution >= 0.6 is 0 Å². The van der Waals surface area contributed by atoms with E-state index in [1.807, 2.05) is 19.1 Å². The van der Waals surface area contributed by atoms with Gasteiger partial charge in [0.1, 0.15) is 0 Å². The smallest absolute Gasteiger partial charge is 0.337 e. The van der Waals surface area contributed by atoms with Crippen molar-refractivity contribution in [3.8, 4) is 0 Å². The van der Waals surface area contributed by atoms with Crippen molar-refractivity contribution in [2.75, 3.05) is 5.32 Å². The number of carboxylic acid groups (broad SMARTS) is 1. The van der Waals surface area contributed by atoms with Crippen molar-refractivity contribution in [1.29, 1.82) is 0 Å². The highest BCUT2D eigenvalue weighted by molar-refractivity contribution is 5.94. The van der Waals surface area contributed by atoms with Crippen molar-refractivity contribution in [3.63, 3.8) is 0 Å². The van der Waals surface area contributed by atoms with Crippen molar-refractivity contribution in [3.05, 3.63) is 29.3 Å². The molecule has 1 aromatic rings. The lowest BCUT2D eigenvalue weighted by molar-refractivity contribution is 0.0107. The molecule has 4 saturated carbocycles. The molecule has 1 aromatic carbocycles. The molecule has 0 aromatic heterocycles. The fraction of sp³-hybridized carbons (Fsp3) is 0.611. The third-order valence-corrected chi connectivity index (χ3v) is 5.84. The van der Waals surface area contributed by atoms with Gasteiger partial charge in [-0.25, -0.2) is 4.79 Å². The molecular formula is C18H23NO2. The monoisotopic (exact) mass is 285 g/mol. The molecule has 0 saturated heterocycles. The molecule has 0 amide bonds. The van der Waals surface area contributed by atoms with Gasteiger partial charge in [-0.3, -0.25) is 0 Å². The van der Waals surface area contributed by atoms with E-state index in [1.54, 1.807) is 6.07 Å². The van der Waals surface area contributed by atoms with Gasteiger partial charge in [-0.15, -0.1) is 0 Å². The highest BCUT2D eigenvalue weighted by Crippen LogP contribution is 2.56. The Bertz CT molecular complexity index is 558. The Balaban J connectivity index is 1.67. The van der Waals surface area contributed by atoms with Crippen LogP contribution in [0.2, 0.25) is 0 Å². The van der Waals surface area contributed by atoms with Crippen LogP contribution in [0.4, 0.5) is 5.69 Å². The zero-order valence-electron chi connectivity index (χ0n) is 12.6. The van der Waals surface area contributed by atoms with Gasteiger partial charge in [0.15, 0.2) is 0 Å². The normalized spacial score (nSPS) is 36.7. The molecule has 4 aliphatic rings. The topological polar surface area (TPSA) is 49.3 Å². The minimum absolute atomic E-state index is 0.159. The third-order valence-electron chi connectivity index (χ3n) is 5.84. The number of hydrogen-bond donors (Lipinski definition) is 2. The highest BCUT2D eigenvalue weighted by atomic mass is 16.4. The van der Waals surface area contributed by atoms with E-state index in [2.05, 4.69) is 5.32 Å². The number of hydrogen-bond acceptors (Lipinski definition) is 2. The summed E-state index contributed by atoms with van der Waals surface area (Å²) in [4.78, 5) is 11.5. The maximum Gasteiger partial charge on any atom is 0.337 e. The van der Waals surface area contributed by atoms with E-state index in [0.717, 1.165) is 29.0 Å². The molecule has 0 heterocycles. The van der Waals surface area contributed by atoms with E-state index in [9.17, 15) is 9.90 Å². The quantitative estimate of drug-likeness (QED) is 0.880. The summed E-state index contributed by atoms with van der Waals surface area (Å²) in [5.74, 6) is 1.76. The zero-order chi connectivity index (χ0) is 14.6. The Morgan fingerprint density at radius 1 is 1.14 bits per heavy atom. The Morgan fingerprint density at radius 3 is 2.24 bits per heavy atom. The lowest BCUT2D eigenvalue weighted by atomic mass is 9.53. The summed E-state index contributed by atoms with van der Waals surface area (Å²) in [6, 6.07) is 5.62. The largest absolute Gasteiger partial charge is 0.478 e. The summed E-state index contributed by atoms with van der Waals surface area (Å²) in [7, 11) is 0. The molecule has 0 radical (unpaired) electrons. The Labute approximate surface area is 125 Å². The molecule has 2 N–H and O–H groups in total. The van der Waals surface area contributed by atoms with Crippen LogP contribution in [0.15, 0.2) is 18.2 Å². The number of rotatable bonds is 3. The van der Waals surface area contributed by atoms with Crippen LogP contribution in [0, 0.1) is 24.7 Å². The molecule has 3 heteroatoms. The molecule has 21 heavy (non-hydrogen) atoms. The third kappa shape index (κ3) is 2.23. The van der Waals surface area contributed by atoms with E-state index < -0.39 is 5.97 Å². The standard InChI is InChI=1S/C18H23NO2/c1-11-2-3-15(17(20)21)16(4-11)19-18-8-12-5-13(9-18)7-14(6-12)10-18/h2-4,12-14,19H,5-10H2,1H3,(H,20,21). The first-order valence-corrected chi connectivity index (χ1v) is 8.15. The first kappa shape index (κ1) is 13.2. The summed E-state index contributed by atoms with van der Waals surface area (Å²) in [6.45, 7) is 2.02. The van der Waals surface area contributed by atoms with E-state index in [0.29, 0.717) is 5.56 Å². The van der Waals surface area contributed by atoms with Crippen LogP contribution in [-0.2, 0) is 0 Å². The molecule has 0 aliphatic heterocycles. The second-order valence-corrected chi connectivity index (χ2v) is 7.68. The zero-order valence-corrected chi connectivity index (χ0v) is 12.6. The molecule has 0 unspecified atom stereocenters. The van der Waals surface area contributed by atoms with Gasteiger partial charge in [-0.05, 0) is 80.9 Å². The minimum atomic E-state index is -0.831. The van der Waals surface area contributed by atoms with Crippen molar-refractivity contribution in [2.24, 2.45) is 17.8 Å². The van der Waals surface area contributed by atoms with E-state index >= 15 is 0 Å².